The molecule has 254 valence electrons. The molecule has 4 nitrogen and oxygen atoms in total. The Balaban J connectivity index is 0.874. The summed E-state index contributed by atoms with van der Waals surface area (Å²) in [6, 6.07) is 0.879. The van der Waals surface area contributed by atoms with Gasteiger partial charge in [-0.15, -0.1) is 0 Å². The van der Waals surface area contributed by atoms with Gasteiger partial charge in [0.05, 0.1) is 18.3 Å². The van der Waals surface area contributed by atoms with Crippen molar-refractivity contribution >= 4 is 0 Å². The molecule has 4 heterocycles. The largest absolute Gasteiger partial charge is 0.370 e. The SMILES string of the molecule is CN1C[C@]2(C)CCC[C@@]34[C@@H]2CC[C@@]25C[C@@]6(CC[C@@]78C(O6)[C@]69CC[C@@H]%10[C@@]%11(C)CCC[C@]%10(C6=C[C@H]7[C@@H]8C9)[C@@H]6OCCN6C%11)[C@@H](C[C@@H]2[C@@H]13)C[C@H]54. The first-order valence-corrected chi connectivity index (χ1v) is 21.2. The van der Waals surface area contributed by atoms with Gasteiger partial charge in [0.2, 0.25) is 0 Å². The van der Waals surface area contributed by atoms with Gasteiger partial charge in [-0.05, 0) is 160 Å². The van der Waals surface area contributed by atoms with Gasteiger partial charge in [0.15, 0.2) is 0 Å². The van der Waals surface area contributed by atoms with Gasteiger partial charge in [-0.3, -0.25) is 4.90 Å². The number of ether oxygens (including phenoxy) is 2. The van der Waals surface area contributed by atoms with E-state index in [1.165, 1.54) is 96.6 Å². The zero-order chi connectivity index (χ0) is 30.8. The van der Waals surface area contributed by atoms with E-state index in [1.807, 2.05) is 5.57 Å². The first-order chi connectivity index (χ1) is 22.7. The fourth-order valence-corrected chi connectivity index (χ4v) is 21.5. The number of allylic oxidation sites excluding steroid dienone is 1. The van der Waals surface area contributed by atoms with Crippen LogP contribution in [0.1, 0.15) is 117 Å². The Bertz CT molecular complexity index is 1580. The molecule has 12 aliphatic carbocycles. The standard InChI is InChI=1S/C43H60N2O2/c1-36-8-4-10-42-29(36)7-13-39-22-40(25(19-31(39)42)18-27(39)33(42)44(3)23-36)14-15-41-26-20-32-38(21-28(26)41,34(41)47-40)12-6-30-37(2)9-5-11-43(30,32)35-45(24-37)16-17-46-35/h20,25-31,33-35H,4-19,21-24H2,1-3H3/t25-,26-,27+,28-,29+,30+,31+,33+,34?,35-,36-,37-,38-,39+,40-,41+,42-,43-/m0/s1. The van der Waals surface area contributed by atoms with Crippen molar-refractivity contribution in [2.24, 2.45) is 79.3 Å². The lowest BCUT2D eigenvalue weighted by atomic mass is 9.38. The van der Waals surface area contributed by atoms with Gasteiger partial charge in [-0.25, -0.2) is 0 Å². The molecule has 4 saturated heterocycles. The highest BCUT2D eigenvalue weighted by Crippen LogP contribution is 2.90. The number of hydrogen-bond donors (Lipinski definition) is 0. The molecule has 12 bridgehead atoms. The number of rotatable bonds is 0. The molecule has 0 N–H and O–H groups in total. The maximum atomic E-state index is 8.32. The Morgan fingerprint density at radius 3 is 2.57 bits per heavy atom. The normalized spacial score (nSPS) is 70.5. The Kier molecular flexibility index (Phi) is 4.38. The first-order valence-electron chi connectivity index (χ1n) is 21.2. The van der Waals surface area contributed by atoms with Crippen molar-refractivity contribution in [3.8, 4) is 0 Å². The number of hydrogen-bond acceptors (Lipinski definition) is 4. The van der Waals surface area contributed by atoms with Crippen LogP contribution in [0.5, 0.6) is 0 Å². The van der Waals surface area contributed by atoms with Crippen molar-refractivity contribution in [1.29, 1.82) is 0 Å². The second-order valence-electron chi connectivity index (χ2n) is 22.4. The third-order valence-corrected chi connectivity index (χ3v) is 21.9. The highest BCUT2D eigenvalue weighted by molar-refractivity contribution is 5.49. The summed E-state index contributed by atoms with van der Waals surface area (Å²) in [5, 5.41) is 0. The van der Waals surface area contributed by atoms with Crippen LogP contribution in [0.4, 0.5) is 0 Å². The fraction of sp³-hybridized carbons (Fsp3) is 0.953. The Morgan fingerprint density at radius 2 is 1.66 bits per heavy atom. The molecular formula is C43H60N2O2. The Labute approximate surface area is 283 Å². The lowest BCUT2D eigenvalue weighted by Gasteiger charge is -2.72. The molecular weight excluding hydrogens is 576 g/mol. The van der Waals surface area contributed by atoms with E-state index in [0.717, 1.165) is 60.6 Å². The molecule has 0 amide bonds. The quantitative estimate of drug-likeness (QED) is 0.255. The highest BCUT2D eigenvalue weighted by Gasteiger charge is 2.88. The van der Waals surface area contributed by atoms with Crippen LogP contribution in [0.3, 0.4) is 0 Å². The molecule has 5 spiro atoms. The van der Waals surface area contributed by atoms with E-state index >= 15 is 0 Å². The van der Waals surface area contributed by atoms with Crippen LogP contribution in [0.25, 0.3) is 0 Å². The summed E-state index contributed by atoms with van der Waals surface area (Å²) >= 11 is 0. The molecule has 10 saturated carbocycles. The number of nitrogens with zero attached hydrogens (tertiary/aromatic N) is 2. The van der Waals surface area contributed by atoms with Gasteiger partial charge in [0.25, 0.3) is 0 Å². The topological polar surface area (TPSA) is 24.9 Å². The van der Waals surface area contributed by atoms with E-state index < -0.39 is 0 Å². The molecule has 0 aromatic heterocycles. The molecule has 47 heavy (non-hydrogen) atoms. The van der Waals surface area contributed by atoms with Crippen molar-refractivity contribution in [2.75, 3.05) is 33.3 Å². The molecule has 16 aliphatic rings. The zero-order valence-electron chi connectivity index (χ0n) is 29.7. The number of fused-ring (bicyclic) bond motifs is 1. The van der Waals surface area contributed by atoms with E-state index in [-0.39, 0.29) is 11.0 Å². The van der Waals surface area contributed by atoms with Crippen LogP contribution in [0.2, 0.25) is 0 Å². The summed E-state index contributed by atoms with van der Waals surface area (Å²) in [4.78, 5) is 5.81. The van der Waals surface area contributed by atoms with Crippen molar-refractivity contribution in [1.82, 2.24) is 9.80 Å². The predicted molar refractivity (Wildman–Crippen MR) is 180 cm³/mol. The summed E-state index contributed by atoms with van der Waals surface area (Å²) in [5.41, 5.74) is 5.48. The first kappa shape index (κ1) is 27.3. The third kappa shape index (κ3) is 2.43. The van der Waals surface area contributed by atoms with Crippen molar-refractivity contribution < 1.29 is 9.47 Å². The predicted octanol–water partition coefficient (Wildman–Crippen LogP) is 7.67. The molecule has 16 rings (SSSR count). The molecule has 14 fully saturated rings. The second kappa shape index (κ2) is 7.54. The molecule has 4 aliphatic heterocycles. The summed E-state index contributed by atoms with van der Waals surface area (Å²) in [6.07, 6.45) is 27.5. The molecule has 0 radical (unpaired) electrons. The lowest BCUT2D eigenvalue weighted by molar-refractivity contribution is -0.292. The summed E-state index contributed by atoms with van der Waals surface area (Å²) < 4.78 is 15.2. The monoisotopic (exact) mass is 636 g/mol. The average molecular weight is 637 g/mol. The lowest BCUT2D eigenvalue weighted by Crippen LogP contribution is -2.71. The van der Waals surface area contributed by atoms with Crippen molar-refractivity contribution in [2.45, 2.75) is 141 Å². The third-order valence-electron chi connectivity index (χ3n) is 21.9. The van der Waals surface area contributed by atoms with Crippen LogP contribution in [0.15, 0.2) is 11.6 Å². The van der Waals surface area contributed by atoms with Crippen molar-refractivity contribution in [3.05, 3.63) is 11.6 Å². The number of piperidine rings is 2. The van der Waals surface area contributed by atoms with E-state index in [2.05, 4.69) is 36.8 Å². The maximum absolute atomic E-state index is 8.32. The van der Waals surface area contributed by atoms with Gasteiger partial charge < -0.3 is 14.4 Å². The molecule has 4 heteroatoms. The minimum Gasteiger partial charge on any atom is -0.370 e. The van der Waals surface area contributed by atoms with Gasteiger partial charge >= 0.3 is 0 Å². The minimum absolute atomic E-state index is 0.186. The van der Waals surface area contributed by atoms with Crippen LogP contribution in [-0.4, -0.2) is 67.1 Å². The molecule has 18 atom stereocenters. The van der Waals surface area contributed by atoms with E-state index in [4.69, 9.17) is 9.47 Å². The Morgan fingerprint density at radius 1 is 0.809 bits per heavy atom. The fourth-order valence-electron chi connectivity index (χ4n) is 21.5. The summed E-state index contributed by atoms with van der Waals surface area (Å²) in [7, 11) is 2.57. The number of likely N-dealkylation sites (tertiary alicyclic amines) is 1. The van der Waals surface area contributed by atoms with Crippen LogP contribution < -0.4 is 0 Å². The van der Waals surface area contributed by atoms with Gasteiger partial charge in [-0.1, -0.05) is 38.3 Å². The van der Waals surface area contributed by atoms with Gasteiger partial charge in [-0.2, -0.15) is 0 Å². The minimum atomic E-state index is 0.186. The van der Waals surface area contributed by atoms with E-state index in [1.54, 1.807) is 19.3 Å². The molecule has 0 aromatic rings. The summed E-state index contributed by atoms with van der Waals surface area (Å²) in [5.74, 6) is 6.36. The van der Waals surface area contributed by atoms with Crippen LogP contribution in [-0.2, 0) is 9.47 Å². The van der Waals surface area contributed by atoms with Crippen LogP contribution in [0, 0.1) is 79.3 Å². The van der Waals surface area contributed by atoms with Gasteiger partial charge in [0, 0.05) is 41.9 Å². The molecule has 0 aromatic carbocycles. The molecule has 1 unspecified atom stereocenters. The van der Waals surface area contributed by atoms with E-state index in [0.29, 0.717) is 44.8 Å². The average Bonchev–Trinajstić information content (AvgIpc) is 3.23. The maximum Gasteiger partial charge on any atom is 0.120 e. The summed E-state index contributed by atoms with van der Waals surface area (Å²) in [6.45, 7) is 10.2. The smallest absolute Gasteiger partial charge is 0.120 e. The Hall–Kier alpha value is -0.420. The van der Waals surface area contributed by atoms with Crippen molar-refractivity contribution in [3.63, 3.8) is 0 Å². The second-order valence-corrected chi connectivity index (χ2v) is 22.4. The zero-order valence-corrected chi connectivity index (χ0v) is 29.7. The van der Waals surface area contributed by atoms with E-state index in [9.17, 15) is 0 Å². The van der Waals surface area contributed by atoms with Gasteiger partial charge in [0.1, 0.15) is 6.23 Å². The van der Waals surface area contributed by atoms with Crippen LogP contribution >= 0.6 is 0 Å². The highest BCUT2D eigenvalue weighted by atomic mass is 16.5.